The van der Waals surface area contributed by atoms with Gasteiger partial charge in [-0.1, -0.05) is 29.3 Å². The standard InChI is InChI=1S/C25H24Cl2FN3O5/c1-35-17-12-22(31(13-17)23(32)7-3-15-2-5-18(26)19(27)10-15)25(34)29-21-6-4-16(11-20(21)28)30-8-9-36-14-24(30)33/h2-7,10-11,17,22H,8-9,12-14H2,1H3,(H,29,34)/b7-3+/t17-,22-/m1/s1. The molecule has 190 valence electrons. The van der Waals surface area contributed by atoms with Gasteiger partial charge in [0.25, 0.3) is 5.91 Å². The van der Waals surface area contributed by atoms with Crippen LogP contribution in [-0.2, 0) is 23.9 Å². The third-order valence-corrected chi connectivity index (χ3v) is 6.79. The normalized spacial score (nSPS) is 20.3. The van der Waals surface area contributed by atoms with Gasteiger partial charge < -0.3 is 24.6 Å². The Labute approximate surface area is 217 Å². The Kier molecular flexibility index (Phi) is 8.25. The molecular formula is C25H24Cl2FN3O5. The zero-order valence-electron chi connectivity index (χ0n) is 19.4. The topological polar surface area (TPSA) is 88.2 Å². The molecule has 2 atom stereocenters. The number of carbonyl (C=O) groups excluding carboxylic acids is 3. The molecule has 11 heteroatoms. The Morgan fingerprint density at radius 3 is 2.69 bits per heavy atom. The molecule has 36 heavy (non-hydrogen) atoms. The smallest absolute Gasteiger partial charge is 0.253 e. The van der Waals surface area contributed by atoms with Crippen molar-refractivity contribution in [3.63, 3.8) is 0 Å². The van der Waals surface area contributed by atoms with Crippen LogP contribution in [0.15, 0.2) is 42.5 Å². The molecule has 0 radical (unpaired) electrons. The second kappa shape index (κ2) is 11.4. The highest BCUT2D eigenvalue weighted by Crippen LogP contribution is 2.27. The molecule has 2 fully saturated rings. The Morgan fingerprint density at radius 2 is 2.00 bits per heavy atom. The number of carbonyl (C=O) groups is 3. The highest BCUT2D eigenvalue weighted by Gasteiger charge is 2.39. The lowest BCUT2D eigenvalue weighted by molar-refractivity contribution is -0.132. The minimum Gasteiger partial charge on any atom is -0.380 e. The van der Waals surface area contributed by atoms with Gasteiger partial charge in [0.1, 0.15) is 18.5 Å². The fourth-order valence-corrected chi connectivity index (χ4v) is 4.43. The van der Waals surface area contributed by atoms with Crippen LogP contribution in [-0.4, -0.2) is 68.2 Å². The van der Waals surface area contributed by atoms with Gasteiger partial charge in [0, 0.05) is 38.4 Å². The summed E-state index contributed by atoms with van der Waals surface area (Å²) in [4.78, 5) is 40.8. The third kappa shape index (κ3) is 5.87. The van der Waals surface area contributed by atoms with Crippen molar-refractivity contribution in [3.8, 4) is 0 Å². The molecule has 2 saturated heterocycles. The summed E-state index contributed by atoms with van der Waals surface area (Å²) >= 11 is 12.0. The molecule has 0 unspecified atom stereocenters. The second-order valence-corrected chi connectivity index (χ2v) is 9.17. The molecular weight excluding hydrogens is 512 g/mol. The number of likely N-dealkylation sites (tertiary alicyclic amines) is 1. The van der Waals surface area contributed by atoms with Gasteiger partial charge in [-0.2, -0.15) is 0 Å². The van der Waals surface area contributed by atoms with E-state index in [1.165, 1.54) is 35.1 Å². The quantitative estimate of drug-likeness (QED) is 0.569. The predicted octanol–water partition coefficient (Wildman–Crippen LogP) is 3.76. The number of amides is 3. The number of nitrogens with zero attached hydrogens (tertiary/aromatic N) is 2. The summed E-state index contributed by atoms with van der Waals surface area (Å²) in [5.41, 5.74) is 0.995. The molecule has 0 saturated carbocycles. The van der Waals surface area contributed by atoms with Crippen molar-refractivity contribution in [1.29, 1.82) is 0 Å². The zero-order chi connectivity index (χ0) is 25.8. The van der Waals surface area contributed by atoms with Gasteiger partial charge in [0.2, 0.25) is 11.8 Å². The Morgan fingerprint density at radius 1 is 1.19 bits per heavy atom. The van der Waals surface area contributed by atoms with E-state index in [2.05, 4.69) is 5.32 Å². The maximum atomic E-state index is 14.8. The highest BCUT2D eigenvalue weighted by molar-refractivity contribution is 6.42. The van der Waals surface area contributed by atoms with E-state index in [9.17, 15) is 18.8 Å². The van der Waals surface area contributed by atoms with E-state index < -0.39 is 23.7 Å². The number of ether oxygens (including phenoxy) is 2. The Bertz CT molecular complexity index is 1210. The van der Waals surface area contributed by atoms with Gasteiger partial charge in [-0.05, 0) is 42.0 Å². The maximum Gasteiger partial charge on any atom is 0.253 e. The lowest BCUT2D eigenvalue weighted by atomic mass is 10.1. The molecule has 2 aromatic carbocycles. The first kappa shape index (κ1) is 26.1. The summed E-state index contributed by atoms with van der Waals surface area (Å²) in [5.74, 6) is -1.90. The third-order valence-electron chi connectivity index (χ3n) is 6.05. The van der Waals surface area contributed by atoms with Crippen LogP contribution < -0.4 is 10.2 Å². The SMILES string of the molecule is CO[C@@H]1C[C@H](C(=O)Nc2ccc(N3CCOCC3=O)cc2F)N(C(=O)/C=C/c2ccc(Cl)c(Cl)c2)C1. The number of hydrogen-bond donors (Lipinski definition) is 1. The van der Waals surface area contributed by atoms with Crippen molar-refractivity contribution in [2.75, 3.05) is 43.6 Å². The van der Waals surface area contributed by atoms with Crippen molar-refractivity contribution >= 4 is 58.4 Å². The van der Waals surface area contributed by atoms with E-state index in [1.54, 1.807) is 30.3 Å². The number of halogens is 3. The summed E-state index contributed by atoms with van der Waals surface area (Å²) in [6.07, 6.45) is 2.83. The Hall–Kier alpha value is -2.98. The zero-order valence-corrected chi connectivity index (χ0v) is 20.9. The summed E-state index contributed by atoms with van der Waals surface area (Å²) in [6.45, 7) is 0.820. The van der Waals surface area contributed by atoms with Gasteiger partial charge in [-0.25, -0.2) is 4.39 Å². The van der Waals surface area contributed by atoms with E-state index in [1.807, 2.05) is 0 Å². The first-order chi connectivity index (χ1) is 17.3. The van der Waals surface area contributed by atoms with Gasteiger partial charge >= 0.3 is 0 Å². The first-order valence-electron chi connectivity index (χ1n) is 11.2. The van der Waals surface area contributed by atoms with Crippen molar-refractivity contribution in [1.82, 2.24) is 4.90 Å². The molecule has 8 nitrogen and oxygen atoms in total. The molecule has 0 aliphatic carbocycles. The summed E-state index contributed by atoms with van der Waals surface area (Å²) in [5, 5.41) is 3.32. The van der Waals surface area contributed by atoms with Gasteiger partial charge in [-0.15, -0.1) is 0 Å². The number of benzene rings is 2. The van der Waals surface area contributed by atoms with Crippen LogP contribution in [0.3, 0.4) is 0 Å². The van der Waals surface area contributed by atoms with E-state index in [-0.39, 0.29) is 37.3 Å². The first-order valence-corrected chi connectivity index (χ1v) is 12.0. The average Bonchev–Trinajstić information content (AvgIpc) is 3.31. The minimum absolute atomic E-state index is 0.0518. The maximum absolute atomic E-state index is 14.8. The number of anilines is 2. The van der Waals surface area contributed by atoms with Crippen LogP contribution in [0.1, 0.15) is 12.0 Å². The predicted molar refractivity (Wildman–Crippen MR) is 135 cm³/mol. The van der Waals surface area contributed by atoms with Crippen LogP contribution in [0.25, 0.3) is 6.08 Å². The molecule has 2 aliphatic rings. The molecule has 1 N–H and O–H groups in total. The molecule has 2 aliphatic heterocycles. The molecule has 3 amide bonds. The van der Waals surface area contributed by atoms with Crippen molar-refractivity contribution in [3.05, 3.63) is 63.9 Å². The Balaban J connectivity index is 1.47. The van der Waals surface area contributed by atoms with Crippen LogP contribution in [0, 0.1) is 5.82 Å². The monoisotopic (exact) mass is 535 g/mol. The lowest BCUT2D eigenvalue weighted by Crippen LogP contribution is -2.42. The fraction of sp³-hybridized carbons (Fsp3) is 0.320. The van der Waals surface area contributed by atoms with Crippen molar-refractivity contribution in [2.24, 2.45) is 0 Å². The van der Waals surface area contributed by atoms with Crippen molar-refractivity contribution in [2.45, 2.75) is 18.6 Å². The summed E-state index contributed by atoms with van der Waals surface area (Å²) in [7, 11) is 1.50. The molecule has 0 bridgehead atoms. The number of rotatable bonds is 6. The molecule has 0 aromatic heterocycles. The van der Waals surface area contributed by atoms with Crippen LogP contribution in [0.4, 0.5) is 15.8 Å². The van der Waals surface area contributed by atoms with E-state index in [4.69, 9.17) is 32.7 Å². The van der Waals surface area contributed by atoms with Gasteiger partial charge in [0.15, 0.2) is 0 Å². The van der Waals surface area contributed by atoms with E-state index >= 15 is 0 Å². The number of nitrogens with one attached hydrogen (secondary N) is 1. The number of hydrogen-bond acceptors (Lipinski definition) is 5. The lowest BCUT2D eigenvalue weighted by Gasteiger charge is -2.27. The van der Waals surface area contributed by atoms with Crippen LogP contribution in [0.5, 0.6) is 0 Å². The highest BCUT2D eigenvalue weighted by atomic mass is 35.5. The second-order valence-electron chi connectivity index (χ2n) is 8.36. The van der Waals surface area contributed by atoms with Gasteiger partial charge in [-0.3, -0.25) is 14.4 Å². The van der Waals surface area contributed by atoms with Crippen LogP contribution in [0.2, 0.25) is 10.0 Å². The van der Waals surface area contributed by atoms with Crippen LogP contribution >= 0.6 is 23.2 Å². The molecule has 0 spiro atoms. The van der Waals surface area contributed by atoms with E-state index in [0.29, 0.717) is 34.4 Å². The average molecular weight is 536 g/mol. The molecule has 2 heterocycles. The van der Waals surface area contributed by atoms with Crippen molar-refractivity contribution < 1.29 is 28.2 Å². The molecule has 2 aromatic rings. The van der Waals surface area contributed by atoms with E-state index in [0.717, 1.165) is 0 Å². The fourth-order valence-electron chi connectivity index (χ4n) is 4.12. The largest absolute Gasteiger partial charge is 0.380 e. The summed E-state index contributed by atoms with van der Waals surface area (Å²) < 4.78 is 25.3. The molecule has 4 rings (SSSR count). The van der Waals surface area contributed by atoms with Gasteiger partial charge in [0.05, 0.1) is 28.4 Å². The minimum atomic E-state index is -0.860. The summed E-state index contributed by atoms with van der Waals surface area (Å²) in [6, 6.07) is 8.23. The number of methoxy groups -OCH3 is 1. The number of morpholine rings is 1.